The largest absolute Gasteiger partial charge is 0.508 e. The van der Waals surface area contributed by atoms with Crippen LogP contribution in [0.5, 0.6) is 11.5 Å². The molecule has 0 aromatic heterocycles. The number of unbranched alkanes of at least 4 members (excludes halogenated alkanes) is 1. The van der Waals surface area contributed by atoms with E-state index in [4.69, 9.17) is 4.74 Å². The maximum Gasteiger partial charge on any atom is 0.127 e. The summed E-state index contributed by atoms with van der Waals surface area (Å²) >= 11 is 0. The lowest BCUT2D eigenvalue weighted by Crippen LogP contribution is -2.14. The molecule has 84 valence electrons. The van der Waals surface area contributed by atoms with Gasteiger partial charge in [-0.1, -0.05) is 19.4 Å². The fourth-order valence-corrected chi connectivity index (χ4v) is 1.40. The highest BCUT2D eigenvalue weighted by Gasteiger charge is 2.02. The van der Waals surface area contributed by atoms with Gasteiger partial charge in [0.2, 0.25) is 0 Å². The number of rotatable bonds is 6. The molecule has 0 spiro atoms. The van der Waals surface area contributed by atoms with Crippen molar-refractivity contribution in [2.75, 3.05) is 13.7 Å². The van der Waals surface area contributed by atoms with Crippen LogP contribution in [0.15, 0.2) is 18.2 Å². The molecule has 0 amide bonds. The molecule has 1 rings (SSSR count). The van der Waals surface area contributed by atoms with E-state index in [1.165, 1.54) is 12.8 Å². The maximum absolute atomic E-state index is 9.28. The number of aromatic hydroxyl groups is 1. The van der Waals surface area contributed by atoms with Gasteiger partial charge >= 0.3 is 0 Å². The highest BCUT2D eigenvalue weighted by Crippen LogP contribution is 2.23. The minimum absolute atomic E-state index is 0.240. The number of hydrogen-bond acceptors (Lipinski definition) is 3. The van der Waals surface area contributed by atoms with E-state index in [9.17, 15) is 5.11 Å². The van der Waals surface area contributed by atoms with Gasteiger partial charge in [-0.25, -0.2) is 0 Å². The van der Waals surface area contributed by atoms with E-state index < -0.39 is 0 Å². The predicted molar refractivity (Wildman–Crippen MR) is 61.3 cm³/mol. The summed E-state index contributed by atoms with van der Waals surface area (Å²) < 4.78 is 5.18. The molecule has 0 unspecified atom stereocenters. The number of phenols is 1. The van der Waals surface area contributed by atoms with Crippen molar-refractivity contribution >= 4 is 0 Å². The topological polar surface area (TPSA) is 41.5 Å². The molecule has 0 heterocycles. The molecule has 0 aliphatic carbocycles. The maximum atomic E-state index is 9.28. The summed E-state index contributed by atoms with van der Waals surface area (Å²) in [4.78, 5) is 0. The molecule has 3 heteroatoms. The molecule has 0 aliphatic heterocycles. The third-order valence-corrected chi connectivity index (χ3v) is 2.29. The van der Waals surface area contributed by atoms with E-state index in [0.717, 1.165) is 24.4 Å². The highest BCUT2D eigenvalue weighted by atomic mass is 16.5. The van der Waals surface area contributed by atoms with Gasteiger partial charge in [-0.15, -0.1) is 0 Å². The zero-order valence-electron chi connectivity index (χ0n) is 9.42. The average Bonchev–Trinajstić information content (AvgIpc) is 2.26. The normalized spacial score (nSPS) is 10.3. The first-order valence-electron chi connectivity index (χ1n) is 5.34. The van der Waals surface area contributed by atoms with Crippen LogP contribution in [0.4, 0.5) is 0 Å². The summed E-state index contributed by atoms with van der Waals surface area (Å²) in [7, 11) is 1.62. The zero-order valence-corrected chi connectivity index (χ0v) is 9.42. The lowest BCUT2D eigenvalue weighted by Gasteiger charge is -2.09. The number of hydrogen-bond donors (Lipinski definition) is 2. The van der Waals surface area contributed by atoms with E-state index in [0.29, 0.717) is 0 Å². The fourth-order valence-electron chi connectivity index (χ4n) is 1.40. The molecule has 0 fully saturated rings. The Labute approximate surface area is 91.1 Å². The van der Waals surface area contributed by atoms with Crippen LogP contribution in [0.25, 0.3) is 0 Å². The predicted octanol–water partition coefficient (Wildman–Crippen LogP) is 2.29. The first-order valence-corrected chi connectivity index (χ1v) is 5.34. The van der Waals surface area contributed by atoms with Gasteiger partial charge in [0.25, 0.3) is 0 Å². The Morgan fingerprint density at radius 1 is 1.40 bits per heavy atom. The quantitative estimate of drug-likeness (QED) is 0.706. The zero-order chi connectivity index (χ0) is 11.1. The molecule has 0 atom stereocenters. The molecular weight excluding hydrogens is 190 g/mol. The van der Waals surface area contributed by atoms with Crippen molar-refractivity contribution in [1.82, 2.24) is 5.32 Å². The summed E-state index contributed by atoms with van der Waals surface area (Å²) in [6, 6.07) is 5.20. The summed E-state index contributed by atoms with van der Waals surface area (Å²) in [5, 5.41) is 12.6. The van der Waals surface area contributed by atoms with Crippen LogP contribution in [0.2, 0.25) is 0 Å². The van der Waals surface area contributed by atoms with E-state index >= 15 is 0 Å². The van der Waals surface area contributed by atoms with Gasteiger partial charge in [0.1, 0.15) is 11.5 Å². The molecule has 0 saturated heterocycles. The van der Waals surface area contributed by atoms with Gasteiger partial charge < -0.3 is 15.2 Å². The number of nitrogens with one attached hydrogen (secondary N) is 1. The van der Waals surface area contributed by atoms with E-state index in [2.05, 4.69) is 12.2 Å². The van der Waals surface area contributed by atoms with Crippen molar-refractivity contribution in [3.05, 3.63) is 23.8 Å². The third-order valence-electron chi connectivity index (χ3n) is 2.29. The lowest BCUT2D eigenvalue weighted by atomic mass is 10.2. The molecule has 1 aromatic rings. The molecular formula is C12H19NO2. The van der Waals surface area contributed by atoms with Crippen LogP contribution >= 0.6 is 0 Å². The highest BCUT2D eigenvalue weighted by molar-refractivity contribution is 5.39. The van der Waals surface area contributed by atoms with E-state index in [1.54, 1.807) is 19.2 Å². The molecule has 0 radical (unpaired) electrons. The van der Waals surface area contributed by atoms with Crippen molar-refractivity contribution < 1.29 is 9.84 Å². The van der Waals surface area contributed by atoms with Gasteiger partial charge in [-0.05, 0) is 19.0 Å². The number of benzene rings is 1. The Hall–Kier alpha value is -1.22. The molecule has 15 heavy (non-hydrogen) atoms. The van der Waals surface area contributed by atoms with Crippen LogP contribution in [-0.4, -0.2) is 18.8 Å². The SMILES string of the molecule is CCCCNCc1ccc(O)cc1OC. The van der Waals surface area contributed by atoms with Crippen molar-refractivity contribution in [3.63, 3.8) is 0 Å². The minimum Gasteiger partial charge on any atom is -0.508 e. The molecule has 0 saturated carbocycles. The fraction of sp³-hybridized carbons (Fsp3) is 0.500. The van der Waals surface area contributed by atoms with Gasteiger partial charge in [0.15, 0.2) is 0 Å². The third kappa shape index (κ3) is 3.80. The van der Waals surface area contributed by atoms with Gasteiger partial charge in [0.05, 0.1) is 7.11 Å². The molecule has 0 aliphatic rings. The van der Waals surface area contributed by atoms with Crippen LogP contribution in [0.1, 0.15) is 25.3 Å². The van der Waals surface area contributed by atoms with Crippen LogP contribution in [0.3, 0.4) is 0 Å². The Morgan fingerprint density at radius 2 is 2.20 bits per heavy atom. The Balaban J connectivity index is 2.52. The first kappa shape index (κ1) is 11.9. The summed E-state index contributed by atoms with van der Waals surface area (Å²) in [6.45, 7) is 3.97. The summed E-state index contributed by atoms with van der Waals surface area (Å²) in [6.07, 6.45) is 2.38. The van der Waals surface area contributed by atoms with Gasteiger partial charge in [0, 0.05) is 18.2 Å². The molecule has 2 N–H and O–H groups in total. The van der Waals surface area contributed by atoms with Crippen LogP contribution < -0.4 is 10.1 Å². The monoisotopic (exact) mass is 209 g/mol. The number of phenolic OH excluding ortho intramolecular Hbond substituents is 1. The van der Waals surface area contributed by atoms with Crippen molar-refractivity contribution in [2.24, 2.45) is 0 Å². The summed E-state index contributed by atoms with van der Waals surface area (Å²) in [5.74, 6) is 0.975. The van der Waals surface area contributed by atoms with Crippen molar-refractivity contribution in [2.45, 2.75) is 26.3 Å². The van der Waals surface area contributed by atoms with Gasteiger partial charge in [-0.3, -0.25) is 0 Å². The molecule has 3 nitrogen and oxygen atoms in total. The number of ether oxygens (including phenoxy) is 1. The van der Waals surface area contributed by atoms with Crippen molar-refractivity contribution in [3.8, 4) is 11.5 Å². The Kier molecular flexibility index (Phi) is 4.98. The first-order chi connectivity index (χ1) is 7.27. The second-order valence-electron chi connectivity index (χ2n) is 3.53. The summed E-state index contributed by atoms with van der Waals surface area (Å²) in [5.41, 5.74) is 1.08. The van der Waals surface area contributed by atoms with Crippen LogP contribution in [-0.2, 0) is 6.54 Å². The smallest absolute Gasteiger partial charge is 0.127 e. The lowest BCUT2D eigenvalue weighted by molar-refractivity contribution is 0.401. The minimum atomic E-state index is 0.240. The second kappa shape index (κ2) is 6.30. The van der Waals surface area contributed by atoms with Crippen LogP contribution in [0, 0.1) is 0 Å². The second-order valence-corrected chi connectivity index (χ2v) is 3.53. The average molecular weight is 209 g/mol. The standard InChI is InChI=1S/C12H19NO2/c1-3-4-7-13-9-10-5-6-11(14)8-12(10)15-2/h5-6,8,13-14H,3-4,7,9H2,1-2H3. The number of methoxy groups -OCH3 is 1. The van der Waals surface area contributed by atoms with E-state index in [1.807, 2.05) is 6.07 Å². The van der Waals surface area contributed by atoms with Crippen molar-refractivity contribution in [1.29, 1.82) is 0 Å². The van der Waals surface area contributed by atoms with E-state index in [-0.39, 0.29) is 5.75 Å². The Bertz CT molecular complexity index is 300. The molecule has 0 bridgehead atoms. The molecule has 1 aromatic carbocycles. The Morgan fingerprint density at radius 3 is 2.87 bits per heavy atom. The van der Waals surface area contributed by atoms with Gasteiger partial charge in [-0.2, -0.15) is 0 Å².